The van der Waals surface area contributed by atoms with Crippen molar-refractivity contribution >= 4 is 18.0 Å². The fourth-order valence-corrected chi connectivity index (χ4v) is 2.98. The lowest BCUT2D eigenvalue weighted by Gasteiger charge is -2.25. The van der Waals surface area contributed by atoms with Crippen LogP contribution in [0.4, 0.5) is 4.79 Å². The fourth-order valence-electron chi connectivity index (χ4n) is 2.98. The zero-order valence-corrected chi connectivity index (χ0v) is 18.8. The van der Waals surface area contributed by atoms with Crippen molar-refractivity contribution in [2.24, 2.45) is 0 Å². The van der Waals surface area contributed by atoms with Crippen molar-refractivity contribution in [3.05, 3.63) is 65.7 Å². The largest absolute Gasteiger partial charge is 0.508 e. The van der Waals surface area contributed by atoms with Crippen LogP contribution in [0.3, 0.4) is 0 Å². The molecule has 0 heterocycles. The van der Waals surface area contributed by atoms with Gasteiger partial charge in [0, 0.05) is 12.8 Å². The highest BCUT2D eigenvalue weighted by molar-refractivity contribution is 5.90. The number of carbonyl (C=O) groups excluding carboxylic acids is 3. The average molecular weight is 443 g/mol. The summed E-state index contributed by atoms with van der Waals surface area (Å²) in [4.78, 5) is 37.7. The molecule has 0 radical (unpaired) electrons. The smallest absolute Gasteiger partial charge is 0.408 e. The van der Waals surface area contributed by atoms with Crippen LogP contribution < -0.4 is 10.6 Å². The van der Waals surface area contributed by atoms with E-state index in [0.717, 1.165) is 5.56 Å². The molecule has 2 rings (SSSR count). The third-order valence-electron chi connectivity index (χ3n) is 4.47. The first kappa shape index (κ1) is 24.7. The third-order valence-corrected chi connectivity index (χ3v) is 4.47. The Balaban J connectivity index is 2.20. The summed E-state index contributed by atoms with van der Waals surface area (Å²) in [6, 6.07) is 13.5. The molecule has 2 atom stereocenters. The molecule has 2 aromatic rings. The van der Waals surface area contributed by atoms with Crippen molar-refractivity contribution in [2.45, 2.75) is 51.3 Å². The number of hydrogen-bond acceptors (Lipinski definition) is 6. The Kier molecular flexibility index (Phi) is 8.63. The number of esters is 1. The number of carbonyl (C=O) groups is 3. The van der Waals surface area contributed by atoms with E-state index in [9.17, 15) is 19.5 Å². The second kappa shape index (κ2) is 11.2. The molecule has 32 heavy (non-hydrogen) atoms. The zero-order valence-electron chi connectivity index (χ0n) is 18.8. The third kappa shape index (κ3) is 8.29. The molecule has 0 saturated heterocycles. The molecule has 0 saturated carbocycles. The molecule has 0 bridgehead atoms. The molecule has 0 aliphatic carbocycles. The molecule has 2 aromatic carbocycles. The second-order valence-electron chi connectivity index (χ2n) is 8.34. The van der Waals surface area contributed by atoms with Gasteiger partial charge in [0.15, 0.2) is 0 Å². The Morgan fingerprint density at radius 1 is 0.875 bits per heavy atom. The van der Waals surface area contributed by atoms with Crippen molar-refractivity contribution in [1.82, 2.24) is 10.6 Å². The first-order chi connectivity index (χ1) is 15.1. The monoisotopic (exact) mass is 442 g/mol. The van der Waals surface area contributed by atoms with Gasteiger partial charge in [0.05, 0.1) is 7.11 Å². The van der Waals surface area contributed by atoms with E-state index in [1.54, 1.807) is 32.9 Å². The maximum absolute atomic E-state index is 13.1. The van der Waals surface area contributed by atoms with E-state index in [4.69, 9.17) is 9.47 Å². The van der Waals surface area contributed by atoms with Gasteiger partial charge < -0.3 is 25.2 Å². The molecule has 0 aliphatic heterocycles. The molecule has 172 valence electrons. The van der Waals surface area contributed by atoms with Gasteiger partial charge in [-0.25, -0.2) is 9.59 Å². The van der Waals surface area contributed by atoms with Gasteiger partial charge in [-0.05, 0) is 44.0 Å². The highest BCUT2D eigenvalue weighted by Gasteiger charge is 2.29. The summed E-state index contributed by atoms with van der Waals surface area (Å²) in [6.07, 6.45) is -0.392. The van der Waals surface area contributed by atoms with Gasteiger partial charge in [0.1, 0.15) is 23.4 Å². The normalized spacial score (nSPS) is 12.9. The fraction of sp³-hybridized carbons (Fsp3) is 0.375. The molecule has 0 fully saturated rings. The molecule has 0 aliphatic rings. The molecule has 0 spiro atoms. The van der Waals surface area contributed by atoms with Crippen LogP contribution in [-0.2, 0) is 31.9 Å². The Morgan fingerprint density at radius 2 is 1.44 bits per heavy atom. The van der Waals surface area contributed by atoms with E-state index < -0.39 is 35.7 Å². The van der Waals surface area contributed by atoms with Crippen LogP contribution in [0.5, 0.6) is 5.75 Å². The van der Waals surface area contributed by atoms with Gasteiger partial charge >= 0.3 is 12.1 Å². The van der Waals surface area contributed by atoms with Gasteiger partial charge in [-0.2, -0.15) is 0 Å². The van der Waals surface area contributed by atoms with Gasteiger partial charge in [0.2, 0.25) is 5.91 Å². The van der Waals surface area contributed by atoms with Gasteiger partial charge in [-0.3, -0.25) is 4.79 Å². The predicted octanol–water partition coefficient (Wildman–Crippen LogP) is 2.73. The molecular weight excluding hydrogens is 412 g/mol. The first-order valence-electron chi connectivity index (χ1n) is 10.3. The quantitative estimate of drug-likeness (QED) is 0.542. The number of nitrogens with one attached hydrogen (secondary N) is 2. The summed E-state index contributed by atoms with van der Waals surface area (Å²) < 4.78 is 10.1. The number of aromatic hydroxyl groups is 1. The Bertz CT molecular complexity index is 906. The maximum atomic E-state index is 13.1. The Labute approximate surface area is 187 Å². The number of hydrogen-bond donors (Lipinski definition) is 3. The summed E-state index contributed by atoms with van der Waals surface area (Å²) >= 11 is 0. The lowest BCUT2D eigenvalue weighted by atomic mass is 10.0. The number of methoxy groups -OCH3 is 1. The van der Waals surface area contributed by atoms with Crippen molar-refractivity contribution in [2.75, 3.05) is 7.11 Å². The van der Waals surface area contributed by atoms with E-state index in [0.29, 0.717) is 5.56 Å². The molecule has 8 heteroatoms. The Hall–Kier alpha value is -3.55. The summed E-state index contributed by atoms with van der Waals surface area (Å²) in [7, 11) is 1.25. The number of phenols is 1. The molecule has 0 aromatic heterocycles. The van der Waals surface area contributed by atoms with Crippen molar-refractivity contribution in [1.29, 1.82) is 0 Å². The average Bonchev–Trinajstić information content (AvgIpc) is 2.73. The Morgan fingerprint density at radius 3 is 2.00 bits per heavy atom. The van der Waals surface area contributed by atoms with E-state index in [-0.39, 0.29) is 18.6 Å². The van der Waals surface area contributed by atoms with Crippen LogP contribution in [-0.4, -0.2) is 47.9 Å². The molecular formula is C24H30N2O6. The van der Waals surface area contributed by atoms with E-state index in [1.165, 1.54) is 19.2 Å². The van der Waals surface area contributed by atoms with Crippen LogP contribution in [0.25, 0.3) is 0 Å². The lowest BCUT2D eigenvalue weighted by molar-refractivity contribution is -0.145. The standard InChI is InChI=1S/C24H30N2O6/c1-24(2,3)32-23(30)26-19(14-17-10-12-18(27)13-11-17)21(28)25-20(22(29)31-4)15-16-8-6-5-7-9-16/h5-13,19-20,27H,14-15H2,1-4H3,(H,25,28)(H,26,30)/t19-,20-/m0/s1. The summed E-state index contributed by atoms with van der Waals surface area (Å²) in [5.74, 6) is -1.07. The van der Waals surface area contributed by atoms with Crippen LogP contribution in [0.15, 0.2) is 54.6 Å². The SMILES string of the molecule is COC(=O)[C@H](Cc1ccccc1)NC(=O)[C@H](Cc1ccc(O)cc1)NC(=O)OC(C)(C)C. The molecule has 8 nitrogen and oxygen atoms in total. The topological polar surface area (TPSA) is 114 Å². The predicted molar refractivity (Wildman–Crippen MR) is 119 cm³/mol. The minimum atomic E-state index is -1.02. The summed E-state index contributed by atoms with van der Waals surface area (Å²) in [6.45, 7) is 5.15. The number of alkyl carbamates (subject to hydrolysis) is 1. The lowest BCUT2D eigenvalue weighted by Crippen LogP contribution is -2.53. The minimum absolute atomic E-state index is 0.0865. The number of amides is 2. The highest BCUT2D eigenvalue weighted by atomic mass is 16.6. The van der Waals surface area contributed by atoms with Gasteiger partial charge in [-0.15, -0.1) is 0 Å². The minimum Gasteiger partial charge on any atom is -0.508 e. The zero-order chi connectivity index (χ0) is 23.7. The van der Waals surface area contributed by atoms with E-state index in [2.05, 4.69) is 10.6 Å². The van der Waals surface area contributed by atoms with E-state index >= 15 is 0 Å². The molecule has 3 N–H and O–H groups in total. The number of ether oxygens (including phenoxy) is 2. The van der Waals surface area contributed by atoms with Crippen molar-refractivity contribution < 1.29 is 29.0 Å². The van der Waals surface area contributed by atoms with Crippen LogP contribution in [0.1, 0.15) is 31.9 Å². The van der Waals surface area contributed by atoms with Crippen molar-refractivity contribution in [3.8, 4) is 5.75 Å². The molecule has 2 amide bonds. The number of rotatable bonds is 8. The van der Waals surface area contributed by atoms with Gasteiger partial charge in [-0.1, -0.05) is 42.5 Å². The van der Waals surface area contributed by atoms with Crippen molar-refractivity contribution in [3.63, 3.8) is 0 Å². The second-order valence-corrected chi connectivity index (χ2v) is 8.34. The van der Waals surface area contributed by atoms with Crippen LogP contribution in [0, 0.1) is 0 Å². The number of phenolic OH excluding ortho intramolecular Hbond substituents is 1. The summed E-state index contributed by atoms with van der Waals surface area (Å²) in [5.41, 5.74) is 0.806. The maximum Gasteiger partial charge on any atom is 0.408 e. The number of benzene rings is 2. The van der Waals surface area contributed by atoms with Crippen LogP contribution in [0.2, 0.25) is 0 Å². The highest BCUT2D eigenvalue weighted by Crippen LogP contribution is 2.13. The molecule has 0 unspecified atom stereocenters. The van der Waals surface area contributed by atoms with Gasteiger partial charge in [0.25, 0.3) is 0 Å². The van der Waals surface area contributed by atoms with E-state index in [1.807, 2.05) is 30.3 Å². The summed E-state index contributed by atoms with van der Waals surface area (Å²) in [5, 5.41) is 14.8. The van der Waals surface area contributed by atoms with Crippen LogP contribution >= 0.6 is 0 Å². The first-order valence-corrected chi connectivity index (χ1v) is 10.3.